The Hall–Kier alpha value is -3.62. The Labute approximate surface area is 172 Å². The third-order valence-electron chi connectivity index (χ3n) is 4.97. The summed E-state index contributed by atoms with van der Waals surface area (Å²) in [5.41, 5.74) is 0.492. The highest BCUT2D eigenvalue weighted by Gasteiger charge is 2.21. The van der Waals surface area contributed by atoms with Crippen molar-refractivity contribution >= 4 is 22.6 Å². The second-order valence-electron chi connectivity index (χ2n) is 7.20. The van der Waals surface area contributed by atoms with Crippen LogP contribution in [0.5, 0.6) is 11.5 Å². The number of carbonyl (C=O) groups excluding carboxylic acids is 1. The molecule has 2 aromatic heterocycles. The quantitative estimate of drug-likeness (QED) is 0.688. The number of carbonyl (C=O) groups is 1. The third kappa shape index (κ3) is 3.54. The Morgan fingerprint density at radius 1 is 1.03 bits per heavy atom. The molecule has 9 heteroatoms. The zero-order valence-electron chi connectivity index (χ0n) is 17.8. The molecular formula is C21H24N4O5. The molecule has 30 heavy (non-hydrogen) atoms. The maximum absolute atomic E-state index is 13.1. The van der Waals surface area contributed by atoms with Gasteiger partial charge in [0.05, 0.1) is 19.9 Å². The van der Waals surface area contributed by atoms with Gasteiger partial charge >= 0.3 is 5.69 Å². The summed E-state index contributed by atoms with van der Waals surface area (Å²) in [6.45, 7) is 3.86. The molecule has 0 unspecified atom stereocenters. The summed E-state index contributed by atoms with van der Waals surface area (Å²) >= 11 is 0. The van der Waals surface area contributed by atoms with Crippen LogP contribution in [0.2, 0.25) is 0 Å². The Morgan fingerprint density at radius 2 is 1.63 bits per heavy atom. The van der Waals surface area contributed by atoms with E-state index in [0.29, 0.717) is 28.3 Å². The van der Waals surface area contributed by atoms with E-state index in [-0.39, 0.29) is 17.0 Å². The molecule has 1 aromatic carbocycles. The number of anilines is 1. The minimum atomic E-state index is -0.526. The van der Waals surface area contributed by atoms with Crippen molar-refractivity contribution in [3.8, 4) is 11.5 Å². The van der Waals surface area contributed by atoms with Crippen molar-refractivity contribution in [1.29, 1.82) is 0 Å². The van der Waals surface area contributed by atoms with Gasteiger partial charge in [0, 0.05) is 31.9 Å². The number of ether oxygens (including phenoxy) is 2. The molecule has 0 atom stereocenters. The van der Waals surface area contributed by atoms with Crippen molar-refractivity contribution in [2.24, 2.45) is 14.1 Å². The molecular weight excluding hydrogens is 388 g/mol. The number of pyridine rings is 1. The second kappa shape index (κ2) is 8.02. The average molecular weight is 412 g/mol. The zero-order valence-corrected chi connectivity index (χ0v) is 17.8. The van der Waals surface area contributed by atoms with Crippen LogP contribution in [0.1, 0.15) is 35.7 Å². The number of rotatable bonds is 5. The van der Waals surface area contributed by atoms with Crippen molar-refractivity contribution in [3.63, 3.8) is 0 Å². The van der Waals surface area contributed by atoms with Gasteiger partial charge in [0.15, 0.2) is 5.65 Å². The fraction of sp³-hybridized carbons (Fsp3) is 0.333. The number of benzene rings is 1. The summed E-state index contributed by atoms with van der Waals surface area (Å²) in [4.78, 5) is 42.6. The van der Waals surface area contributed by atoms with Crippen molar-refractivity contribution in [3.05, 3.63) is 56.4 Å². The van der Waals surface area contributed by atoms with Gasteiger partial charge in [-0.05, 0) is 23.6 Å². The van der Waals surface area contributed by atoms with Crippen LogP contribution in [-0.4, -0.2) is 34.2 Å². The second-order valence-corrected chi connectivity index (χ2v) is 7.20. The van der Waals surface area contributed by atoms with E-state index in [1.165, 1.54) is 32.9 Å². The van der Waals surface area contributed by atoms with Crippen LogP contribution in [0, 0.1) is 0 Å². The smallest absolute Gasteiger partial charge is 0.332 e. The van der Waals surface area contributed by atoms with Gasteiger partial charge in [-0.25, -0.2) is 9.78 Å². The molecule has 158 valence electrons. The number of methoxy groups -OCH3 is 2. The molecule has 1 N–H and O–H groups in total. The van der Waals surface area contributed by atoms with Gasteiger partial charge in [-0.15, -0.1) is 0 Å². The van der Waals surface area contributed by atoms with Crippen LogP contribution in [0.4, 0.5) is 5.69 Å². The average Bonchev–Trinajstić information content (AvgIpc) is 2.75. The molecule has 3 rings (SSSR count). The molecule has 0 saturated heterocycles. The molecule has 0 saturated carbocycles. The first-order chi connectivity index (χ1) is 14.2. The summed E-state index contributed by atoms with van der Waals surface area (Å²) in [7, 11) is 5.91. The maximum atomic E-state index is 13.1. The van der Waals surface area contributed by atoms with Crippen molar-refractivity contribution in [2.75, 3.05) is 19.5 Å². The van der Waals surface area contributed by atoms with Crippen LogP contribution >= 0.6 is 0 Å². The topological polar surface area (TPSA) is 104 Å². The minimum absolute atomic E-state index is 0.0287. The molecule has 0 aliphatic heterocycles. The van der Waals surface area contributed by atoms with E-state index in [0.717, 1.165) is 4.57 Å². The van der Waals surface area contributed by atoms with Gasteiger partial charge in [-0.1, -0.05) is 13.8 Å². The Morgan fingerprint density at radius 3 is 2.17 bits per heavy atom. The highest BCUT2D eigenvalue weighted by Crippen LogP contribution is 2.30. The summed E-state index contributed by atoms with van der Waals surface area (Å²) in [6.07, 6.45) is 1.58. The molecule has 0 fully saturated rings. The Kier molecular flexibility index (Phi) is 5.64. The van der Waals surface area contributed by atoms with Gasteiger partial charge in [-0.3, -0.25) is 18.7 Å². The van der Waals surface area contributed by atoms with Crippen LogP contribution in [-0.2, 0) is 14.1 Å². The predicted molar refractivity (Wildman–Crippen MR) is 114 cm³/mol. The molecule has 0 spiro atoms. The Bertz CT molecular complexity index is 1230. The van der Waals surface area contributed by atoms with E-state index in [1.54, 1.807) is 24.4 Å². The SMILES string of the molecule is COc1cc(OC)cc(C(=O)Nc2c(C(C)C)cnc3c2c(=O)n(C)c(=O)n3C)c1. The van der Waals surface area contributed by atoms with E-state index in [1.807, 2.05) is 13.8 Å². The molecule has 0 aliphatic rings. The molecule has 0 bridgehead atoms. The van der Waals surface area contributed by atoms with Crippen LogP contribution < -0.4 is 26.0 Å². The van der Waals surface area contributed by atoms with Crippen molar-refractivity contribution in [1.82, 2.24) is 14.1 Å². The summed E-state index contributed by atoms with van der Waals surface area (Å²) in [6, 6.07) is 4.80. The molecule has 2 heterocycles. The van der Waals surface area contributed by atoms with E-state index < -0.39 is 17.2 Å². The lowest BCUT2D eigenvalue weighted by molar-refractivity contribution is 0.102. The molecule has 0 radical (unpaired) electrons. The lowest BCUT2D eigenvalue weighted by Gasteiger charge is -2.17. The summed E-state index contributed by atoms with van der Waals surface area (Å²) in [5.74, 6) is 0.444. The first kappa shape index (κ1) is 21.1. The van der Waals surface area contributed by atoms with Gasteiger partial charge in [0.2, 0.25) is 0 Å². The van der Waals surface area contributed by atoms with E-state index >= 15 is 0 Å². The normalized spacial score (nSPS) is 11.0. The largest absolute Gasteiger partial charge is 0.497 e. The van der Waals surface area contributed by atoms with E-state index in [2.05, 4.69) is 10.3 Å². The highest BCUT2D eigenvalue weighted by atomic mass is 16.5. The number of hydrogen-bond donors (Lipinski definition) is 1. The minimum Gasteiger partial charge on any atom is -0.497 e. The van der Waals surface area contributed by atoms with Crippen LogP contribution in [0.15, 0.2) is 34.0 Å². The summed E-state index contributed by atoms with van der Waals surface area (Å²) in [5, 5.41) is 3.02. The van der Waals surface area contributed by atoms with Crippen LogP contribution in [0.25, 0.3) is 11.0 Å². The predicted octanol–water partition coefficient (Wildman–Crippen LogP) is 2.03. The highest BCUT2D eigenvalue weighted by molar-refractivity contribution is 6.09. The van der Waals surface area contributed by atoms with Gasteiger partial charge in [0.1, 0.15) is 16.9 Å². The first-order valence-electron chi connectivity index (χ1n) is 9.32. The lowest BCUT2D eigenvalue weighted by atomic mass is 10.0. The maximum Gasteiger partial charge on any atom is 0.332 e. The van der Waals surface area contributed by atoms with E-state index in [9.17, 15) is 14.4 Å². The first-order valence-corrected chi connectivity index (χ1v) is 9.32. The third-order valence-corrected chi connectivity index (χ3v) is 4.97. The number of aromatic nitrogens is 3. The van der Waals surface area contributed by atoms with Crippen LogP contribution in [0.3, 0.4) is 0 Å². The number of nitrogens with one attached hydrogen (secondary N) is 1. The number of nitrogens with zero attached hydrogens (tertiary/aromatic N) is 3. The molecule has 0 aliphatic carbocycles. The number of aryl methyl sites for hydroxylation is 1. The lowest BCUT2D eigenvalue weighted by Crippen LogP contribution is -2.38. The fourth-order valence-electron chi connectivity index (χ4n) is 3.24. The van der Waals surface area contributed by atoms with Crippen molar-refractivity contribution < 1.29 is 14.3 Å². The molecule has 3 aromatic rings. The fourth-order valence-corrected chi connectivity index (χ4v) is 3.24. The van der Waals surface area contributed by atoms with Crippen molar-refractivity contribution in [2.45, 2.75) is 19.8 Å². The van der Waals surface area contributed by atoms with Gasteiger partial charge in [0.25, 0.3) is 11.5 Å². The number of fused-ring (bicyclic) bond motifs is 1. The van der Waals surface area contributed by atoms with E-state index in [4.69, 9.17) is 9.47 Å². The number of hydrogen-bond acceptors (Lipinski definition) is 6. The standard InChI is InChI=1S/C21H24N4O5/c1-11(2)15-10-22-18-16(20(27)25(4)21(28)24(18)3)17(15)23-19(26)12-7-13(29-5)9-14(8-12)30-6/h7-11H,1-6H3,(H,22,23,26). The number of amides is 1. The summed E-state index contributed by atoms with van der Waals surface area (Å²) < 4.78 is 12.7. The molecule has 1 amide bonds. The van der Waals surface area contributed by atoms with Gasteiger partial charge < -0.3 is 14.8 Å². The monoisotopic (exact) mass is 412 g/mol. The molecule has 9 nitrogen and oxygen atoms in total. The zero-order chi connectivity index (χ0) is 22.2. The van der Waals surface area contributed by atoms with Gasteiger partial charge in [-0.2, -0.15) is 0 Å². The Balaban J connectivity index is 2.25.